The molecule has 0 aliphatic carbocycles. The van der Waals surface area contributed by atoms with E-state index in [2.05, 4.69) is 37.3 Å². The molecule has 1 saturated heterocycles. The van der Waals surface area contributed by atoms with Crippen molar-refractivity contribution in [3.63, 3.8) is 0 Å². The molecule has 0 bridgehead atoms. The largest absolute Gasteiger partial charge is 0.359 e. The highest BCUT2D eigenvalue weighted by Gasteiger charge is 2.16. The number of piperidine rings is 1. The van der Waals surface area contributed by atoms with Gasteiger partial charge in [-0.15, -0.1) is 0 Å². The first kappa shape index (κ1) is 20.5. The van der Waals surface area contributed by atoms with Crippen LogP contribution in [0.1, 0.15) is 18.4 Å². The molecule has 1 aromatic carbocycles. The molecule has 0 amide bonds. The van der Waals surface area contributed by atoms with E-state index in [1.165, 1.54) is 19.9 Å². The maximum absolute atomic E-state index is 11.6. The Bertz CT molecular complexity index is 866. The third-order valence-corrected chi connectivity index (χ3v) is 6.26. The Labute approximate surface area is 166 Å². The number of rotatable bonds is 8. The fraction of sp³-hybridized carbons (Fsp3) is 0.474. The van der Waals surface area contributed by atoms with Gasteiger partial charge in [-0.3, -0.25) is 0 Å². The van der Waals surface area contributed by atoms with Crippen LogP contribution in [0, 0.1) is 5.92 Å². The number of nitrogens with zero attached hydrogens (tertiary/aromatic N) is 3. The van der Waals surface area contributed by atoms with Crippen LogP contribution in [-0.4, -0.2) is 52.1 Å². The highest BCUT2D eigenvalue weighted by Crippen LogP contribution is 2.21. The lowest BCUT2D eigenvalue weighted by Crippen LogP contribution is -2.34. The van der Waals surface area contributed by atoms with Gasteiger partial charge in [0.1, 0.15) is 18.0 Å². The summed E-state index contributed by atoms with van der Waals surface area (Å²) in [5, 5.41) is 6.65. The predicted octanol–water partition coefficient (Wildman–Crippen LogP) is 1.71. The van der Waals surface area contributed by atoms with Crippen LogP contribution in [0.5, 0.6) is 0 Å². The van der Waals surface area contributed by atoms with E-state index in [0.29, 0.717) is 11.7 Å². The summed E-state index contributed by atoms with van der Waals surface area (Å²) in [5.74, 6) is 2.23. The lowest BCUT2D eigenvalue weighted by Gasteiger charge is -2.28. The molecule has 2 aromatic rings. The second-order valence-corrected chi connectivity index (χ2v) is 9.05. The van der Waals surface area contributed by atoms with Crippen molar-refractivity contribution >= 4 is 27.3 Å². The molecule has 0 radical (unpaired) electrons. The molecular weight excluding hydrogens is 376 g/mol. The van der Waals surface area contributed by atoms with Crippen molar-refractivity contribution in [3.8, 4) is 0 Å². The molecule has 0 spiro atoms. The number of anilines is 3. The number of hydrogen-bond donors (Lipinski definition) is 3. The Morgan fingerprint density at radius 2 is 1.89 bits per heavy atom. The fourth-order valence-corrected chi connectivity index (χ4v) is 4.07. The first-order valence-corrected chi connectivity index (χ1v) is 11.1. The van der Waals surface area contributed by atoms with E-state index in [0.717, 1.165) is 36.7 Å². The SMILES string of the molecule is CNS(=O)(=O)Cc1ccc(Nc2cc(N(C)CC3CCNCC3)ncn2)cc1. The summed E-state index contributed by atoms with van der Waals surface area (Å²) in [6, 6.07) is 9.22. The summed E-state index contributed by atoms with van der Waals surface area (Å²) >= 11 is 0. The van der Waals surface area contributed by atoms with Crippen molar-refractivity contribution in [3.05, 3.63) is 42.2 Å². The normalized spacial score (nSPS) is 15.4. The number of hydrogen-bond acceptors (Lipinski definition) is 7. The average Bonchev–Trinajstić information content (AvgIpc) is 2.70. The molecule has 1 fully saturated rings. The fourth-order valence-electron chi connectivity index (χ4n) is 3.29. The van der Waals surface area contributed by atoms with Gasteiger partial charge < -0.3 is 15.5 Å². The van der Waals surface area contributed by atoms with Gasteiger partial charge in [0.25, 0.3) is 0 Å². The summed E-state index contributed by atoms with van der Waals surface area (Å²) in [7, 11) is 0.205. The first-order valence-electron chi connectivity index (χ1n) is 9.46. The molecule has 0 saturated carbocycles. The second kappa shape index (κ2) is 9.31. The van der Waals surface area contributed by atoms with E-state index in [1.807, 2.05) is 18.2 Å². The minimum atomic E-state index is -3.27. The molecule has 1 aromatic heterocycles. The van der Waals surface area contributed by atoms with Crippen molar-refractivity contribution in [2.24, 2.45) is 5.92 Å². The van der Waals surface area contributed by atoms with Gasteiger partial charge in [0.15, 0.2) is 0 Å². The first-order chi connectivity index (χ1) is 13.4. The molecule has 152 valence electrons. The molecule has 1 aliphatic heterocycles. The molecule has 9 heteroatoms. The Kier molecular flexibility index (Phi) is 6.82. The van der Waals surface area contributed by atoms with Crippen LogP contribution in [0.15, 0.2) is 36.7 Å². The molecule has 0 atom stereocenters. The van der Waals surface area contributed by atoms with Crippen molar-refractivity contribution < 1.29 is 8.42 Å². The summed E-state index contributed by atoms with van der Waals surface area (Å²) in [4.78, 5) is 10.9. The van der Waals surface area contributed by atoms with Crippen molar-refractivity contribution in [1.29, 1.82) is 0 Å². The smallest absolute Gasteiger partial charge is 0.215 e. The van der Waals surface area contributed by atoms with Gasteiger partial charge in [-0.2, -0.15) is 0 Å². The molecule has 28 heavy (non-hydrogen) atoms. The van der Waals surface area contributed by atoms with Crippen molar-refractivity contribution in [2.75, 3.05) is 43.9 Å². The second-order valence-electron chi connectivity index (χ2n) is 7.12. The van der Waals surface area contributed by atoms with Crippen LogP contribution >= 0.6 is 0 Å². The van der Waals surface area contributed by atoms with Gasteiger partial charge >= 0.3 is 0 Å². The lowest BCUT2D eigenvalue weighted by molar-refractivity contribution is 0.377. The molecule has 3 rings (SSSR count). The van der Waals surface area contributed by atoms with Gasteiger partial charge in [-0.1, -0.05) is 12.1 Å². The van der Waals surface area contributed by atoms with Crippen LogP contribution in [0.25, 0.3) is 0 Å². The van der Waals surface area contributed by atoms with Crippen LogP contribution in [0.4, 0.5) is 17.3 Å². The van der Waals surface area contributed by atoms with Crippen LogP contribution in [-0.2, 0) is 15.8 Å². The van der Waals surface area contributed by atoms with E-state index in [9.17, 15) is 8.42 Å². The van der Waals surface area contributed by atoms with Crippen LogP contribution in [0.3, 0.4) is 0 Å². The Morgan fingerprint density at radius 1 is 1.18 bits per heavy atom. The zero-order valence-electron chi connectivity index (χ0n) is 16.4. The van der Waals surface area contributed by atoms with Gasteiger partial charge in [0.05, 0.1) is 5.75 Å². The standard InChI is InChI=1S/C19H28N6O2S/c1-20-28(26,27)13-16-3-5-17(6-4-16)24-18-11-19(23-14-22-18)25(2)12-15-7-9-21-10-8-15/h3-6,11,14-15,20-21H,7-10,12-13H2,1-2H3,(H,22,23,24). The van der Waals surface area contributed by atoms with Gasteiger partial charge in [0, 0.05) is 25.3 Å². The summed E-state index contributed by atoms with van der Waals surface area (Å²) < 4.78 is 25.6. The van der Waals surface area contributed by atoms with Crippen molar-refractivity contribution in [2.45, 2.75) is 18.6 Å². The summed E-state index contributed by atoms with van der Waals surface area (Å²) in [6.45, 7) is 3.15. The Morgan fingerprint density at radius 3 is 2.57 bits per heavy atom. The van der Waals surface area contributed by atoms with E-state index in [4.69, 9.17) is 0 Å². The third kappa shape index (κ3) is 5.88. The molecule has 1 aliphatic rings. The molecule has 3 N–H and O–H groups in total. The summed E-state index contributed by atoms with van der Waals surface area (Å²) in [5.41, 5.74) is 1.57. The average molecular weight is 405 g/mol. The predicted molar refractivity (Wildman–Crippen MR) is 112 cm³/mol. The molecule has 2 heterocycles. The molecule has 8 nitrogen and oxygen atoms in total. The highest BCUT2D eigenvalue weighted by molar-refractivity contribution is 7.88. The minimum Gasteiger partial charge on any atom is -0.359 e. The lowest BCUT2D eigenvalue weighted by atomic mass is 9.98. The van der Waals surface area contributed by atoms with Crippen LogP contribution < -0.4 is 20.3 Å². The number of benzene rings is 1. The zero-order chi connectivity index (χ0) is 20.0. The maximum atomic E-state index is 11.6. The monoisotopic (exact) mass is 404 g/mol. The highest BCUT2D eigenvalue weighted by atomic mass is 32.2. The van der Waals surface area contributed by atoms with Gasteiger partial charge in [-0.25, -0.2) is 23.1 Å². The van der Waals surface area contributed by atoms with E-state index >= 15 is 0 Å². The third-order valence-electron chi connectivity index (χ3n) is 4.93. The van der Waals surface area contributed by atoms with Gasteiger partial charge in [-0.05, 0) is 56.6 Å². The Hall–Kier alpha value is -2.23. The molecule has 0 unspecified atom stereocenters. The number of sulfonamides is 1. The van der Waals surface area contributed by atoms with Crippen LogP contribution in [0.2, 0.25) is 0 Å². The maximum Gasteiger partial charge on any atom is 0.215 e. The van der Waals surface area contributed by atoms with Gasteiger partial charge in [0.2, 0.25) is 10.0 Å². The number of nitrogens with one attached hydrogen (secondary N) is 3. The Balaban J connectivity index is 1.62. The quantitative estimate of drug-likeness (QED) is 0.616. The topological polar surface area (TPSA) is 99.2 Å². The minimum absolute atomic E-state index is 0.0388. The van der Waals surface area contributed by atoms with E-state index in [-0.39, 0.29) is 5.75 Å². The zero-order valence-corrected chi connectivity index (χ0v) is 17.2. The molecular formula is C19H28N6O2S. The number of aromatic nitrogens is 2. The van der Waals surface area contributed by atoms with E-state index < -0.39 is 10.0 Å². The van der Waals surface area contributed by atoms with E-state index in [1.54, 1.807) is 18.5 Å². The van der Waals surface area contributed by atoms with Crippen molar-refractivity contribution in [1.82, 2.24) is 20.0 Å². The summed E-state index contributed by atoms with van der Waals surface area (Å²) in [6.07, 6.45) is 3.94.